The van der Waals surface area contributed by atoms with Crippen LogP contribution in [0.25, 0.3) is 0 Å². The van der Waals surface area contributed by atoms with E-state index >= 15 is 0 Å². The first kappa shape index (κ1) is 16.7. The third kappa shape index (κ3) is 2.68. The zero-order valence-electron chi connectivity index (χ0n) is 14.7. The second-order valence-corrected chi connectivity index (χ2v) is 7.17. The van der Waals surface area contributed by atoms with Gasteiger partial charge in [0.25, 0.3) is 0 Å². The van der Waals surface area contributed by atoms with E-state index in [-0.39, 0.29) is 24.2 Å². The minimum absolute atomic E-state index is 0.0140. The average molecular weight is 346 g/mol. The van der Waals surface area contributed by atoms with Crippen LogP contribution in [0.15, 0.2) is 18.2 Å². The van der Waals surface area contributed by atoms with Crippen LogP contribution in [0.4, 0.5) is 0 Å². The Balaban J connectivity index is 1.68. The maximum Gasteiger partial charge on any atom is 0.236 e. The van der Waals surface area contributed by atoms with Gasteiger partial charge >= 0.3 is 0 Å². The molecule has 4 rings (SSSR count). The normalized spacial score (nSPS) is 27.2. The summed E-state index contributed by atoms with van der Waals surface area (Å²) in [6, 6.07) is 6.01. The summed E-state index contributed by atoms with van der Waals surface area (Å²) in [6.45, 7) is 2.22. The molecular formula is C19H26N2O4. The Bertz CT molecular complexity index is 655. The van der Waals surface area contributed by atoms with Crippen LogP contribution in [0.1, 0.15) is 37.4 Å². The van der Waals surface area contributed by atoms with E-state index in [0.29, 0.717) is 19.0 Å². The maximum absolute atomic E-state index is 11.9. The van der Waals surface area contributed by atoms with Crippen molar-refractivity contribution in [2.75, 3.05) is 33.4 Å². The third-order valence-corrected chi connectivity index (χ3v) is 5.98. The number of para-hydroxylation sites is 1. The summed E-state index contributed by atoms with van der Waals surface area (Å²) >= 11 is 0. The van der Waals surface area contributed by atoms with Gasteiger partial charge in [0.05, 0.1) is 19.8 Å². The van der Waals surface area contributed by atoms with Crippen LogP contribution in [0.3, 0.4) is 0 Å². The lowest BCUT2D eigenvalue weighted by atomic mass is 9.70. The van der Waals surface area contributed by atoms with E-state index < -0.39 is 0 Å². The first-order valence-corrected chi connectivity index (χ1v) is 9.14. The number of benzene rings is 1. The zero-order valence-corrected chi connectivity index (χ0v) is 14.7. The number of hydrogen-bond acceptors (Lipinski definition) is 5. The topological polar surface area (TPSA) is 74.0 Å². The lowest BCUT2D eigenvalue weighted by Crippen LogP contribution is -2.58. The molecule has 3 aliphatic rings. The molecule has 2 N–H and O–H groups in total. The molecule has 0 bridgehead atoms. The number of fused-ring (bicyclic) bond motifs is 4. The molecule has 2 atom stereocenters. The van der Waals surface area contributed by atoms with E-state index in [0.717, 1.165) is 49.4 Å². The molecule has 0 aromatic heterocycles. The minimum atomic E-state index is -0.294. The number of nitrogens with two attached hydrogens (primary N) is 1. The number of carbonyl (C=O) groups excluding carboxylic acids is 1. The fourth-order valence-electron chi connectivity index (χ4n) is 4.67. The second-order valence-electron chi connectivity index (χ2n) is 7.17. The lowest BCUT2D eigenvalue weighted by molar-refractivity contribution is -0.156. The Morgan fingerprint density at radius 2 is 2.20 bits per heavy atom. The Hall–Kier alpha value is -1.79. The van der Waals surface area contributed by atoms with Gasteiger partial charge in [0.1, 0.15) is 5.60 Å². The van der Waals surface area contributed by atoms with Crippen molar-refractivity contribution in [2.24, 2.45) is 11.7 Å². The van der Waals surface area contributed by atoms with Crippen LogP contribution in [0.5, 0.6) is 11.5 Å². The molecule has 136 valence electrons. The molecule has 0 radical (unpaired) electrons. The molecule has 6 heteroatoms. The highest BCUT2D eigenvalue weighted by molar-refractivity contribution is 5.78. The highest BCUT2D eigenvalue weighted by Gasteiger charge is 2.53. The number of carbonyl (C=O) groups is 1. The standard InChI is InChI=1S/C19H26N2O4/c1-23-15-6-2-4-13-17-14(5-3-11-24-17)19(25-18(13)15)7-9-21(10-8-19)16(22)12-20/h2,4,6,14,17H,3,5,7-12,20H2,1H3/t14-,17+/m0/s1. The first-order valence-electron chi connectivity index (χ1n) is 9.14. The van der Waals surface area contributed by atoms with E-state index in [4.69, 9.17) is 19.9 Å². The summed E-state index contributed by atoms with van der Waals surface area (Å²) in [5, 5.41) is 0. The first-order chi connectivity index (χ1) is 12.2. The van der Waals surface area contributed by atoms with Gasteiger partial charge in [-0.3, -0.25) is 4.79 Å². The predicted octanol–water partition coefficient (Wildman–Crippen LogP) is 1.88. The number of amides is 1. The van der Waals surface area contributed by atoms with Crippen molar-refractivity contribution in [1.29, 1.82) is 0 Å². The summed E-state index contributed by atoms with van der Waals surface area (Å²) in [4.78, 5) is 13.8. The molecule has 2 saturated heterocycles. The summed E-state index contributed by atoms with van der Waals surface area (Å²) in [7, 11) is 1.67. The summed E-state index contributed by atoms with van der Waals surface area (Å²) in [5.74, 6) is 1.90. The van der Waals surface area contributed by atoms with Crippen LogP contribution in [-0.4, -0.2) is 49.8 Å². The highest BCUT2D eigenvalue weighted by Crippen LogP contribution is 2.55. The van der Waals surface area contributed by atoms with E-state index in [1.165, 1.54) is 0 Å². The number of piperidine rings is 1. The molecular weight excluding hydrogens is 320 g/mol. The number of ether oxygens (including phenoxy) is 3. The van der Waals surface area contributed by atoms with E-state index in [9.17, 15) is 4.79 Å². The Morgan fingerprint density at radius 1 is 1.40 bits per heavy atom. The van der Waals surface area contributed by atoms with Gasteiger partial charge in [0.15, 0.2) is 11.5 Å². The van der Waals surface area contributed by atoms with Crippen LogP contribution in [-0.2, 0) is 9.53 Å². The third-order valence-electron chi connectivity index (χ3n) is 5.98. The van der Waals surface area contributed by atoms with Crippen molar-refractivity contribution in [3.05, 3.63) is 23.8 Å². The number of likely N-dealkylation sites (tertiary alicyclic amines) is 1. The van der Waals surface area contributed by atoms with E-state index in [2.05, 4.69) is 6.07 Å². The van der Waals surface area contributed by atoms with Gasteiger partial charge in [-0.25, -0.2) is 0 Å². The quantitative estimate of drug-likeness (QED) is 0.885. The SMILES string of the molecule is COc1cccc2c1OC1(CCN(C(=O)CN)CC1)[C@H]1CCCO[C@H]21. The van der Waals surface area contributed by atoms with Crippen molar-refractivity contribution >= 4 is 5.91 Å². The predicted molar refractivity (Wildman–Crippen MR) is 92.6 cm³/mol. The number of hydrogen-bond donors (Lipinski definition) is 1. The molecule has 3 aliphatic heterocycles. The van der Waals surface area contributed by atoms with Gasteiger partial charge in [-0.15, -0.1) is 0 Å². The van der Waals surface area contributed by atoms with Crippen LogP contribution < -0.4 is 15.2 Å². The fourth-order valence-corrected chi connectivity index (χ4v) is 4.67. The summed E-state index contributed by atoms with van der Waals surface area (Å²) < 4.78 is 18.4. The number of rotatable bonds is 2. The van der Waals surface area contributed by atoms with Gasteiger partial charge in [-0.1, -0.05) is 12.1 Å². The monoisotopic (exact) mass is 346 g/mol. The Labute approximate surface area is 148 Å². The molecule has 25 heavy (non-hydrogen) atoms. The van der Waals surface area contributed by atoms with Gasteiger partial charge < -0.3 is 24.8 Å². The van der Waals surface area contributed by atoms with Gasteiger partial charge in [-0.05, 0) is 18.9 Å². The minimum Gasteiger partial charge on any atom is -0.493 e. The maximum atomic E-state index is 11.9. The molecule has 1 spiro atoms. The van der Waals surface area contributed by atoms with Crippen LogP contribution in [0, 0.1) is 5.92 Å². The molecule has 0 aliphatic carbocycles. The van der Waals surface area contributed by atoms with Crippen molar-refractivity contribution < 1.29 is 19.0 Å². The van der Waals surface area contributed by atoms with Crippen LogP contribution >= 0.6 is 0 Å². The smallest absolute Gasteiger partial charge is 0.236 e. The number of methoxy groups -OCH3 is 1. The molecule has 1 aromatic rings. The van der Waals surface area contributed by atoms with Gasteiger partial charge in [0, 0.05) is 44.0 Å². The molecule has 0 saturated carbocycles. The van der Waals surface area contributed by atoms with Crippen molar-refractivity contribution in [2.45, 2.75) is 37.4 Å². The van der Waals surface area contributed by atoms with E-state index in [1.54, 1.807) is 7.11 Å². The Kier molecular flexibility index (Phi) is 4.33. The Morgan fingerprint density at radius 3 is 2.92 bits per heavy atom. The molecule has 1 amide bonds. The molecule has 0 unspecified atom stereocenters. The van der Waals surface area contributed by atoms with Crippen molar-refractivity contribution in [3.63, 3.8) is 0 Å². The number of nitrogens with zero attached hydrogens (tertiary/aromatic N) is 1. The highest BCUT2D eigenvalue weighted by atomic mass is 16.5. The molecule has 1 aromatic carbocycles. The zero-order chi connectivity index (χ0) is 17.4. The molecule has 3 heterocycles. The summed E-state index contributed by atoms with van der Waals surface area (Å²) in [6.07, 6.45) is 3.80. The lowest BCUT2D eigenvalue weighted by Gasteiger charge is -2.53. The molecule has 2 fully saturated rings. The largest absolute Gasteiger partial charge is 0.493 e. The summed E-state index contributed by atoms with van der Waals surface area (Å²) in [5.41, 5.74) is 6.32. The van der Waals surface area contributed by atoms with Crippen molar-refractivity contribution in [3.8, 4) is 11.5 Å². The van der Waals surface area contributed by atoms with Crippen LogP contribution in [0.2, 0.25) is 0 Å². The fraction of sp³-hybridized carbons (Fsp3) is 0.632. The van der Waals surface area contributed by atoms with Gasteiger partial charge in [0.2, 0.25) is 5.91 Å². The average Bonchev–Trinajstić information content (AvgIpc) is 2.68. The van der Waals surface area contributed by atoms with Crippen molar-refractivity contribution in [1.82, 2.24) is 4.90 Å². The van der Waals surface area contributed by atoms with Gasteiger partial charge in [-0.2, -0.15) is 0 Å². The second kappa shape index (κ2) is 6.50. The molecule has 6 nitrogen and oxygen atoms in total. The van der Waals surface area contributed by atoms with E-state index in [1.807, 2.05) is 17.0 Å².